The molecule has 1 unspecified atom stereocenters. The Labute approximate surface area is 115 Å². The molecule has 1 saturated heterocycles. The Morgan fingerprint density at radius 2 is 2.16 bits per heavy atom. The Balaban J connectivity index is 1.66. The first-order valence-electron chi connectivity index (χ1n) is 7.42. The molecule has 3 nitrogen and oxygen atoms in total. The fourth-order valence-electron chi connectivity index (χ4n) is 3.28. The number of hydrogen-bond donors (Lipinski definition) is 0. The second-order valence-corrected chi connectivity index (χ2v) is 5.62. The van der Waals surface area contributed by atoms with Crippen molar-refractivity contribution in [3.05, 3.63) is 29.8 Å². The van der Waals surface area contributed by atoms with Crippen LogP contribution in [0, 0.1) is 0 Å². The molecule has 0 aromatic heterocycles. The maximum atomic E-state index is 12.1. The summed E-state index contributed by atoms with van der Waals surface area (Å²) in [4.78, 5) is 16.7. The van der Waals surface area contributed by atoms with Gasteiger partial charge in [-0.1, -0.05) is 31.5 Å². The monoisotopic (exact) mass is 258 g/mol. The highest BCUT2D eigenvalue weighted by molar-refractivity contribution is 5.77. The van der Waals surface area contributed by atoms with Gasteiger partial charge in [-0.25, -0.2) is 0 Å². The molecule has 1 fully saturated rings. The van der Waals surface area contributed by atoms with Gasteiger partial charge in [0.05, 0.1) is 6.04 Å². The normalized spacial score (nSPS) is 21.2. The van der Waals surface area contributed by atoms with Crippen LogP contribution in [0.25, 0.3) is 0 Å². The number of unbranched alkanes of at least 4 members (excludes halogenated alkanes) is 1. The van der Waals surface area contributed by atoms with E-state index in [1.165, 1.54) is 11.3 Å². The lowest BCUT2D eigenvalue weighted by molar-refractivity contribution is -0.132. The van der Waals surface area contributed by atoms with Gasteiger partial charge in [-0.2, -0.15) is 0 Å². The van der Waals surface area contributed by atoms with Crippen molar-refractivity contribution in [1.29, 1.82) is 0 Å². The average molecular weight is 258 g/mol. The summed E-state index contributed by atoms with van der Waals surface area (Å²) in [7, 11) is 0. The maximum absolute atomic E-state index is 12.1. The lowest BCUT2D eigenvalue weighted by Crippen LogP contribution is -2.53. The Morgan fingerprint density at radius 1 is 1.32 bits per heavy atom. The van der Waals surface area contributed by atoms with Crippen LogP contribution in [0.5, 0.6) is 0 Å². The lowest BCUT2D eigenvalue weighted by Gasteiger charge is -2.39. The van der Waals surface area contributed by atoms with Crippen molar-refractivity contribution in [3.8, 4) is 0 Å². The predicted octanol–water partition coefficient (Wildman–Crippen LogP) is 2.45. The molecule has 0 spiro atoms. The van der Waals surface area contributed by atoms with Crippen LogP contribution in [0.4, 0.5) is 5.69 Å². The molecular weight excluding hydrogens is 236 g/mol. The molecule has 1 amide bonds. The van der Waals surface area contributed by atoms with Crippen molar-refractivity contribution < 1.29 is 4.79 Å². The van der Waals surface area contributed by atoms with E-state index < -0.39 is 0 Å². The van der Waals surface area contributed by atoms with E-state index in [2.05, 4.69) is 41.0 Å². The molecule has 0 aliphatic carbocycles. The van der Waals surface area contributed by atoms with E-state index in [4.69, 9.17) is 0 Å². The van der Waals surface area contributed by atoms with Gasteiger partial charge in [-0.15, -0.1) is 0 Å². The Hall–Kier alpha value is -1.51. The third-order valence-electron chi connectivity index (χ3n) is 4.34. The Morgan fingerprint density at radius 3 is 3.00 bits per heavy atom. The van der Waals surface area contributed by atoms with Crippen LogP contribution in [-0.2, 0) is 11.2 Å². The van der Waals surface area contributed by atoms with E-state index in [-0.39, 0.29) is 0 Å². The number of anilines is 1. The average Bonchev–Trinajstić information content (AvgIpc) is 2.82. The first kappa shape index (κ1) is 12.5. The smallest absolute Gasteiger partial charge is 0.222 e. The van der Waals surface area contributed by atoms with Crippen molar-refractivity contribution >= 4 is 11.6 Å². The molecule has 19 heavy (non-hydrogen) atoms. The molecule has 3 rings (SSSR count). The molecular formula is C16H22N2O. The highest BCUT2D eigenvalue weighted by Crippen LogP contribution is 2.33. The number of para-hydroxylation sites is 1. The summed E-state index contributed by atoms with van der Waals surface area (Å²) in [5, 5.41) is 0. The number of hydrogen-bond acceptors (Lipinski definition) is 2. The Kier molecular flexibility index (Phi) is 3.45. The number of benzene rings is 1. The molecule has 1 aromatic carbocycles. The highest BCUT2D eigenvalue weighted by Gasteiger charge is 2.34. The van der Waals surface area contributed by atoms with Gasteiger partial charge in [-0.3, -0.25) is 4.79 Å². The SMILES string of the molecule is CCCCC(=O)N1CCN2c3ccccc3CC2C1. The number of fused-ring (bicyclic) bond motifs is 3. The van der Waals surface area contributed by atoms with E-state index in [9.17, 15) is 4.79 Å². The first-order chi connectivity index (χ1) is 9.29. The molecule has 0 bridgehead atoms. The van der Waals surface area contributed by atoms with E-state index in [0.29, 0.717) is 11.9 Å². The van der Waals surface area contributed by atoms with E-state index >= 15 is 0 Å². The quantitative estimate of drug-likeness (QED) is 0.831. The molecule has 2 aliphatic heterocycles. The van der Waals surface area contributed by atoms with Crippen LogP contribution in [0.1, 0.15) is 31.7 Å². The zero-order valence-electron chi connectivity index (χ0n) is 11.6. The van der Waals surface area contributed by atoms with Crippen molar-refractivity contribution in [2.45, 2.75) is 38.6 Å². The van der Waals surface area contributed by atoms with Gasteiger partial charge in [0.2, 0.25) is 5.91 Å². The van der Waals surface area contributed by atoms with Gasteiger partial charge in [0, 0.05) is 31.7 Å². The minimum absolute atomic E-state index is 0.345. The summed E-state index contributed by atoms with van der Waals surface area (Å²) in [6.07, 6.45) is 3.93. The zero-order valence-corrected chi connectivity index (χ0v) is 11.6. The summed E-state index contributed by atoms with van der Waals surface area (Å²) in [5.74, 6) is 0.345. The van der Waals surface area contributed by atoms with Crippen LogP contribution in [0.2, 0.25) is 0 Å². The predicted molar refractivity (Wildman–Crippen MR) is 77.4 cm³/mol. The fourth-order valence-corrected chi connectivity index (χ4v) is 3.28. The summed E-state index contributed by atoms with van der Waals surface area (Å²) >= 11 is 0. The molecule has 0 radical (unpaired) electrons. The number of carbonyl (C=O) groups excluding carboxylic acids is 1. The molecule has 2 aliphatic rings. The number of amides is 1. The number of rotatable bonds is 3. The van der Waals surface area contributed by atoms with Gasteiger partial charge < -0.3 is 9.80 Å². The zero-order chi connectivity index (χ0) is 13.2. The number of carbonyl (C=O) groups is 1. The van der Waals surface area contributed by atoms with Crippen molar-refractivity contribution in [2.24, 2.45) is 0 Å². The largest absolute Gasteiger partial charge is 0.364 e. The fraction of sp³-hybridized carbons (Fsp3) is 0.562. The Bertz CT molecular complexity index is 472. The van der Waals surface area contributed by atoms with Crippen LogP contribution in [0.3, 0.4) is 0 Å². The van der Waals surface area contributed by atoms with Crippen molar-refractivity contribution in [3.63, 3.8) is 0 Å². The molecule has 0 N–H and O–H groups in total. The lowest BCUT2D eigenvalue weighted by atomic mass is 10.1. The molecule has 1 atom stereocenters. The van der Waals surface area contributed by atoms with E-state index in [0.717, 1.165) is 45.3 Å². The summed E-state index contributed by atoms with van der Waals surface area (Å²) in [6, 6.07) is 9.15. The van der Waals surface area contributed by atoms with Crippen LogP contribution < -0.4 is 4.90 Å². The number of nitrogens with zero attached hydrogens (tertiary/aromatic N) is 2. The molecule has 0 saturated carbocycles. The first-order valence-corrected chi connectivity index (χ1v) is 7.42. The van der Waals surface area contributed by atoms with Crippen LogP contribution in [0.15, 0.2) is 24.3 Å². The minimum Gasteiger partial charge on any atom is -0.364 e. The highest BCUT2D eigenvalue weighted by atomic mass is 16.2. The van der Waals surface area contributed by atoms with Gasteiger partial charge in [0.25, 0.3) is 0 Å². The topological polar surface area (TPSA) is 23.6 Å². The van der Waals surface area contributed by atoms with Crippen molar-refractivity contribution in [2.75, 3.05) is 24.5 Å². The van der Waals surface area contributed by atoms with Crippen LogP contribution in [-0.4, -0.2) is 36.5 Å². The van der Waals surface area contributed by atoms with Gasteiger partial charge in [0.1, 0.15) is 0 Å². The third kappa shape index (κ3) is 2.34. The van der Waals surface area contributed by atoms with E-state index in [1.807, 2.05) is 0 Å². The molecule has 3 heteroatoms. The standard InChI is InChI=1S/C16H22N2O/c1-2-3-8-16(19)17-9-10-18-14(12-17)11-13-6-4-5-7-15(13)18/h4-7,14H,2-3,8-12H2,1H3. The van der Waals surface area contributed by atoms with Gasteiger partial charge >= 0.3 is 0 Å². The summed E-state index contributed by atoms with van der Waals surface area (Å²) in [6.45, 7) is 4.91. The molecule has 1 aromatic rings. The van der Waals surface area contributed by atoms with Crippen molar-refractivity contribution in [1.82, 2.24) is 4.90 Å². The summed E-state index contributed by atoms with van der Waals surface area (Å²) < 4.78 is 0. The van der Waals surface area contributed by atoms with E-state index in [1.54, 1.807) is 0 Å². The summed E-state index contributed by atoms with van der Waals surface area (Å²) in [5.41, 5.74) is 2.82. The maximum Gasteiger partial charge on any atom is 0.222 e. The second kappa shape index (κ2) is 5.24. The number of piperazine rings is 1. The second-order valence-electron chi connectivity index (χ2n) is 5.62. The minimum atomic E-state index is 0.345. The van der Waals surface area contributed by atoms with Crippen LogP contribution >= 0.6 is 0 Å². The van der Waals surface area contributed by atoms with Gasteiger partial charge in [0.15, 0.2) is 0 Å². The van der Waals surface area contributed by atoms with Gasteiger partial charge in [-0.05, 0) is 24.5 Å². The molecule has 2 heterocycles. The molecule has 102 valence electrons. The third-order valence-corrected chi connectivity index (χ3v) is 4.34.